The third kappa shape index (κ3) is 6.30. The van der Waals surface area contributed by atoms with E-state index in [1.54, 1.807) is 55.6 Å². The van der Waals surface area contributed by atoms with Gasteiger partial charge in [0.05, 0.1) is 37.1 Å². The van der Waals surface area contributed by atoms with E-state index in [0.717, 1.165) is 0 Å². The fourth-order valence-corrected chi connectivity index (χ4v) is 5.10. The highest BCUT2D eigenvalue weighted by atomic mass is 31.2. The number of nitriles is 1. The van der Waals surface area contributed by atoms with E-state index < -0.39 is 32.0 Å². The van der Waals surface area contributed by atoms with Gasteiger partial charge in [0.2, 0.25) is 13.7 Å². The lowest BCUT2D eigenvalue weighted by molar-refractivity contribution is -0.235. The van der Waals surface area contributed by atoms with Crippen molar-refractivity contribution in [2.45, 2.75) is 43.6 Å². The van der Waals surface area contributed by atoms with E-state index in [4.69, 9.17) is 19.5 Å². The second kappa shape index (κ2) is 10.3. The van der Waals surface area contributed by atoms with E-state index in [2.05, 4.69) is 0 Å². The predicted molar refractivity (Wildman–Crippen MR) is 113 cm³/mol. The molecule has 31 heavy (non-hydrogen) atoms. The standard InChI is InChI=1S/C22H26NO7P/c1-28-17-6-8-18(9-7-17)29-22-21(25)20(24)12-19(30-22)10-11-31(26,27)14-16-5-3-2-4-15(16)13-23/h2-9,19-22,24-25H,10-12,14H2,1H3,(H,26,27). The van der Waals surface area contributed by atoms with Crippen molar-refractivity contribution in [3.8, 4) is 17.6 Å². The van der Waals surface area contributed by atoms with E-state index in [9.17, 15) is 19.7 Å². The van der Waals surface area contributed by atoms with Gasteiger partial charge in [-0.1, -0.05) is 18.2 Å². The van der Waals surface area contributed by atoms with Crippen LogP contribution in [0.4, 0.5) is 0 Å². The lowest BCUT2D eigenvalue weighted by Gasteiger charge is -2.37. The van der Waals surface area contributed by atoms with Crippen molar-refractivity contribution in [1.82, 2.24) is 0 Å². The molecule has 0 saturated carbocycles. The molecule has 8 nitrogen and oxygen atoms in total. The lowest BCUT2D eigenvalue weighted by atomic mass is 10.0. The van der Waals surface area contributed by atoms with Crippen LogP contribution in [0.2, 0.25) is 0 Å². The van der Waals surface area contributed by atoms with Gasteiger partial charge in [0.1, 0.15) is 17.6 Å². The zero-order valence-corrected chi connectivity index (χ0v) is 18.0. The summed E-state index contributed by atoms with van der Waals surface area (Å²) in [5, 5.41) is 29.6. The molecule has 2 aromatic rings. The lowest BCUT2D eigenvalue weighted by Crippen LogP contribution is -2.51. The number of ether oxygens (including phenoxy) is 3. The molecule has 2 aromatic carbocycles. The normalized spacial score (nSPS) is 25.3. The molecule has 5 atom stereocenters. The van der Waals surface area contributed by atoms with Gasteiger partial charge in [0, 0.05) is 12.6 Å². The molecule has 1 fully saturated rings. The van der Waals surface area contributed by atoms with Crippen LogP contribution in [0, 0.1) is 11.3 Å². The molecule has 1 aliphatic rings. The molecule has 0 amide bonds. The Bertz CT molecular complexity index is 959. The van der Waals surface area contributed by atoms with Crippen molar-refractivity contribution < 1.29 is 33.9 Å². The number of hydrogen-bond donors (Lipinski definition) is 3. The first kappa shape index (κ1) is 23.3. The van der Waals surface area contributed by atoms with Crippen LogP contribution in [-0.4, -0.2) is 53.0 Å². The Morgan fingerprint density at radius 1 is 1.16 bits per heavy atom. The molecule has 166 valence electrons. The largest absolute Gasteiger partial charge is 0.497 e. The molecule has 0 radical (unpaired) electrons. The maximum absolute atomic E-state index is 12.7. The summed E-state index contributed by atoms with van der Waals surface area (Å²) >= 11 is 0. The maximum atomic E-state index is 12.7. The van der Waals surface area contributed by atoms with Gasteiger partial charge in [-0.15, -0.1) is 0 Å². The van der Waals surface area contributed by atoms with Crippen LogP contribution in [0.25, 0.3) is 0 Å². The summed E-state index contributed by atoms with van der Waals surface area (Å²) < 4.78 is 29.2. The number of aliphatic hydroxyl groups is 2. The van der Waals surface area contributed by atoms with Gasteiger partial charge in [0.15, 0.2) is 0 Å². The molecule has 3 N–H and O–H groups in total. The highest BCUT2D eigenvalue weighted by Crippen LogP contribution is 2.46. The van der Waals surface area contributed by atoms with Crippen molar-refractivity contribution in [3.63, 3.8) is 0 Å². The topological polar surface area (TPSA) is 129 Å². The quantitative estimate of drug-likeness (QED) is 0.527. The van der Waals surface area contributed by atoms with Gasteiger partial charge in [-0.25, -0.2) is 0 Å². The maximum Gasteiger partial charge on any atom is 0.228 e. The van der Waals surface area contributed by atoms with Crippen LogP contribution in [0.3, 0.4) is 0 Å². The first-order valence-electron chi connectivity index (χ1n) is 9.92. The van der Waals surface area contributed by atoms with Crippen LogP contribution in [0.1, 0.15) is 24.0 Å². The summed E-state index contributed by atoms with van der Waals surface area (Å²) in [4.78, 5) is 10.4. The monoisotopic (exact) mass is 447 g/mol. The molecule has 1 aliphatic heterocycles. The fourth-order valence-electron chi connectivity index (χ4n) is 3.45. The molecule has 0 spiro atoms. The number of methoxy groups -OCH3 is 1. The van der Waals surface area contributed by atoms with E-state index >= 15 is 0 Å². The Kier molecular flexibility index (Phi) is 7.71. The molecule has 0 aromatic heterocycles. The van der Waals surface area contributed by atoms with Gasteiger partial charge in [0.25, 0.3) is 0 Å². The van der Waals surface area contributed by atoms with Crippen LogP contribution < -0.4 is 9.47 Å². The van der Waals surface area contributed by atoms with Crippen molar-refractivity contribution in [3.05, 3.63) is 59.7 Å². The summed E-state index contributed by atoms with van der Waals surface area (Å²) in [7, 11) is -2.04. The van der Waals surface area contributed by atoms with Gasteiger partial charge >= 0.3 is 0 Å². The predicted octanol–water partition coefficient (Wildman–Crippen LogP) is 2.64. The summed E-state index contributed by atoms with van der Waals surface area (Å²) in [5.74, 6) is 1.07. The van der Waals surface area contributed by atoms with Crippen LogP contribution in [0.15, 0.2) is 48.5 Å². The highest BCUT2D eigenvalue weighted by Gasteiger charge is 2.39. The smallest absolute Gasteiger partial charge is 0.228 e. The summed E-state index contributed by atoms with van der Waals surface area (Å²) in [6, 6.07) is 15.4. The minimum atomic E-state index is -3.58. The molecular formula is C22H26NO7P. The third-order valence-electron chi connectivity index (χ3n) is 5.17. The van der Waals surface area contributed by atoms with Crippen LogP contribution >= 0.6 is 7.37 Å². The van der Waals surface area contributed by atoms with Crippen molar-refractivity contribution in [2.24, 2.45) is 0 Å². The van der Waals surface area contributed by atoms with Crippen molar-refractivity contribution >= 4 is 7.37 Å². The molecule has 5 unspecified atom stereocenters. The zero-order valence-electron chi connectivity index (χ0n) is 17.1. The number of rotatable bonds is 8. The van der Waals surface area contributed by atoms with Gasteiger partial charge in [-0.3, -0.25) is 4.57 Å². The van der Waals surface area contributed by atoms with Gasteiger partial charge in [-0.05, 0) is 42.3 Å². The van der Waals surface area contributed by atoms with E-state index in [1.807, 2.05) is 6.07 Å². The fraction of sp³-hybridized carbons (Fsp3) is 0.409. The average molecular weight is 447 g/mol. The Morgan fingerprint density at radius 2 is 1.84 bits per heavy atom. The molecule has 3 rings (SSSR count). The SMILES string of the molecule is COc1ccc(OC2OC(CCP(=O)(O)Cc3ccccc3C#N)CC(O)C2O)cc1. The number of nitrogens with zero attached hydrogens (tertiary/aromatic N) is 1. The van der Waals surface area contributed by atoms with Crippen molar-refractivity contribution in [1.29, 1.82) is 5.26 Å². The van der Waals surface area contributed by atoms with Crippen LogP contribution in [0.5, 0.6) is 11.5 Å². The molecule has 9 heteroatoms. The number of hydrogen-bond acceptors (Lipinski definition) is 7. The van der Waals surface area contributed by atoms with Gasteiger partial charge < -0.3 is 29.3 Å². The van der Waals surface area contributed by atoms with Crippen molar-refractivity contribution in [2.75, 3.05) is 13.3 Å². The second-order valence-electron chi connectivity index (χ2n) is 7.50. The summed E-state index contributed by atoms with van der Waals surface area (Å²) in [6.07, 6.45) is -3.84. The first-order chi connectivity index (χ1) is 14.8. The Labute approximate surface area is 181 Å². The third-order valence-corrected chi connectivity index (χ3v) is 6.96. The van der Waals surface area contributed by atoms with E-state index in [0.29, 0.717) is 22.6 Å². The minimum absolute atomic E-state index is 0.0461. The summed E-state index contributed by atoms with van der Waals surface area (Å²) in [5.41, 5.74) is 0.897. The minimum Gasteiger partial charge on any atom is -0.497 e. The molecular weight excluding hydrogens is 421 g/mol. The number of aliphatic hydroxyl groups excluding tert-OH is 2. The van der Waals surface area contributed by atoms with E-state index in [-0.39, 0.29) is 25.2 Å². The zero-order chi connectivity index (χ0) is 22.4. The number of benzene rings is 2. The highest BCUT2D eigenvalue weighted by molar-refractivity contribution is 7.57. The second-order valence-corrected chi connectivity index (χ2v) is 9.96. The molecule has 0 aliphatic carbocycles. The average Bonchev–Trinajstić information content (AvgIpc) is 2.76. The Balaban J connectivity index is 1.60. The Morgan fingerprint density at radius 3 is 2.52 bits per heavy atom. The summed E-state index contributed by atoms with van der Waals surface area (Å²) in [6.45, 7) is 0. The Hall–Kier alpha value is -2.40. The van der Waals surface area contributed by atoms with E-state index in [1.165, 1.54) is 0 Å². The molecule has 0 bridgehead atoms. The first-order valence-corrected chi connectivity index (χ1v) is 12.0. The molecule has 1 heterocycles. The van der Waals surface area contributed by atoms with Crippen LogP contribution in [-0.2, 0) is 15.5 Å². The van der Waals surface area contributed by atoms with Gasteiger partial charge in [-0.2, -0.15) is 5.26 Å². The molecule has 1 saturated heterocycles.